The van der Waals surface area contributed by atoms with Crippen molar-refractivity contribution >= 4 is 17.1 Å². The van der Waals surface area contributed by atoms with Crippen LogP contribution in [0.5, 0.6) is 5.75 Å². The topological polar surface area (TPSA) is 63.0 Å². The molecule has 0 fully saturated rings. The van der Waals surface area contributed by atoms with Gasteiger partial charge in [-0.2, -0.15) is 5.26 Å². The van der Waals surface area contributed by atoms with Gasteiger partial charge in [0.05, 0.1) is 23.6 Å². The Morgan fingerprint density at radius 3 is 2.89 bits per heavy atom. The highest BCUT2D eigenvalue weighted by molar-refractivity contribution is 7.11. The minimum atomic E-state index is -0.860. The third-order valence-corrected chi connectivity index (χ3v) is 3.30. The van der Waals surface area contributed by atoms with Crippen molar-refractivity contribution in [3.8, 4) is 11.8 Å². The largest absolute Gasteiger partial charge is 0.496 e. The van der Waals surface area contributed by atoms with Crippen molar-refractivity contribution in [1.82, 2.24) is 4.98 Å². The molecular formula is C13H10N2O2S. The molecule has 0 spiro atoms. The molecule has 0 amide bonds. The fourth-order valence-electron chi connectivity index (χ4n) is 1.65. The summed E-state index contributed by atoms with van der Waals surface area (Å²) < 4.78 is 5.18. The van der Waals surface area contributed by atoms with Gasteiger partial charge in [0.1, 0.15) is 11.7 Å². The van der Waals surface area contributed by atoms with Gasteiger partial charge >= 0.3 is 0 Å². The van der Waals surface area contributed by atoms with Crippen molar-refractivity contribution in [3.05, 3.63) is 46.4 Å². The predicted molar refractivity (Wildman–Crippen MR) is 67.8 cm³/mol. The SMILES string of the molecule is COc1ccccc1C(C#N)C(=O)c1cncs1. The van der Waals surface area contributed by atoms with Crippen molar-refractivity contribution in [3.63, 3.8) is 0 Å². The zero-order valence-corrected chi connectivity index (χ0v) is 10.5. The number of carbonyl (C=O) groups excluding carboxylic acids is 1. The van der Waals surface area contributed by atoms with Crippen LogP contribution in [0, 0.1) is 11.3 Å². The number of thiazole rings is 1. The molecule has 90 valence electrons. The number of Topliss-reactive ketones (excluding diaryl/α,β-unsaturated/α-hetero) is 1. The second-order valence-corrected chi connectivity index (χ2v) is 4.42. The predicted octanol–water partition coefficient (Wildman–Crippen LogP) is 2.64. The van der Waals surface area contributed by atoms with Gasteiger partial charge < -0.3 is 4.74 Å². The number of nitriles is 1. The van der Waals surface area contributed by atoms with Crippen LogP contribution in [0.1, 0.15) is 21.2 Å². The zero-order chi connectivity index (χ0) is 13.0. The molecule has 1 atom stereocenters. The monoisotopic (exact) mass is 258 g/mol. The summed E-state index contributed by atoms with van der Waals surface area (Å²) in [5.41, 5.74) is 2.16. The molecule has 1 aromatic heterocycles. The van der Waals surface area contributed by atoms with E-state index in [9.17, 15) is 10.1 Å². The number of ether oxygens (including phenoxy) is 1. The lowest BCUT2D eigenvalue weighted by molar-refractivity contribution is 0.0981. The number of methoxy groups -OCH3 is 1. The van der Waals surface area contributed by atoms with E-state index in [0.717, 1.165) is 0 Å². The molecular weight excluding hydrogens is 248 g/mol. The first kappa shape index (κ1) is 12.3. The molecule has 0 aliphatic carbocycles. The van der Waals surface area contributed by atoms with Crippen LogP contribution in [0.4, 0.5) is 0 Å². The van der Waals surface area contributed by atoms with Crippen LogP contribution in [0.15, 0.2) is 36.0 Å². The summed E-state index contributed by atoms with van der Waals surface area (Å²) in [5.74, 6) is -0.562. The molecule has 0 N–H and O–H groups in total. The number of ketones is 1. The Bertz CT molecular complexity index is 587. The number of para-hydroxylation sites is 1. The lowest BCUT2D eigenvalue weighted by Crippen LogP contribution is -2.11. The normalized spacial score (nSPS) is 11.6. The van der Waals surface area contributed by atoms with Crippen LogP contribution in [-0.2, 0) is 0 Å². The highest BCUT2D eigenvalue weighted by Gasteiger charge is 2.25. The molecule has 1 unspecified atom stereocenters. The molecule has 0 aliphatic rings. The third kappa shape index (κ3) is 2.24. The van der Waals surface area contributed by atoms with Crippen LogP contribution >= 0.6 is 11.3 Å². The molecule has 4 nitrogen and oxygen atoms in total. The van der Waals surface area contributed by atoms with E-state index in [1.165, 1.54) is 24.6 Å². The molecule has 1 aromatic carbocycles. The van der Waals surface area contributed by atoms with Crippen molar-refractivity contribution in [2.75, 3.05) is 7.11 Å². The van der Waals surface area contributed by atoms with E-state index in [1.54, 1.807) is 29.8 Å². The Labute approximate surface area is 108 Å². The summed E-state index contributed by atoms with van der Waals surface area (Å²) in [5, 5.41) is 9.23. The Morgan fingerprint density at radius 2 is 2.28 bits per heavy atom. The Balaban J connectivity index is 2.41. The van der Waals surface area contributed by atoms with Gasteiger partial charge in [-0.15, -0.1) is 11.3 Å². The standard InChI is InChI=1S/C13H10N2O2S/c1-17-11-5-3-2-4-9(11)10(6-14)13(16)12-7-15-8-18-12/h2-5,7-8,10H,1H3. The highest BCUT2D eigenvalue weighted by Crippen LogP contribution is 2.29. The number of rotatable bonds is 4. The van der Waals surface area contributed by atoms with Crippen molar-refractivity contribution in [1.29, 1.82) is 5.26 Å². The van der Waals surface area contributed by atoms with Crippen molar-refractivity contribution in [2.45, 2.75) is 5.92 Å². The summed E-state index contributed by atoms with van der Waals surface area (Å²) in [6.45, 7) is 0. The van der Waals surface area contributed by atoms with Gasteiger partial charge in [0, 0.05) is 11.8 Å². The summed E-state index contributed by atoms with van der Waals surface area (Å²) in [7, 11) is 1.52. The van der Waals surface area contributed by atoms with Gasteiger partial charge in [-0.05, 0) is 6.07 Å². The molecule has 0 saturated carbocycles. The van der Waals surface area contributed by atoms with Crippen LogP contribution in [-0.4, -0.2) is 17.9 Å². The molecule has 0 radical (unpaired) electrons. The van der Waals surface area contributed by atoms with Gasteiger partial charge in [0.25, 0.3) is 0 Å². The van der Waals surface area contributed by atoms with Gasteiger partial charge in [0.15, 0.2) is 5.78 Å². The first-order chi connectivity index (χ1) is 8.77. The van der Waals surface area contributed by atoms with E-state index in [2.05, 4.69) is 4.98 Å². The molecule has 1 heterocycles. The van der Waals surface area contributed by atoms with Gasteiger partial charge in [0.2, 0.25) is 0 Å². The average Bonchev–Trinajstić information content (AvgIpc) is 2.94. The highest BCUT2D eigenvalue weighted by atomic mass is 32.1. The lowest BCUT2D eigenvalue weighted by atomic mass is 9.94. The Kier molecular flexibility index (Phi) is 3.70. The lowest BCUT2D eigenvalue weighted by Gasteiger charge is -2.11. The molecule has 5 heteroatoms. The van der Waals surface area contributed by atoms with E-state index in [0.29, 0.717) is 16.2 Å². The summed E-state index contributed by atoms with van der Waals surface area (Å²) in [4.78, 5) is 16.5. The molecule has 0 aliphatic heterocycles. The fourth-order valence-corrected chi connectivity index (χ4v) is 2.25. The number of hydrogen-bond donors (Lipinski definition) is 0. The number of benzene rings is 1. The summed E-state index contributed by atoms with van der Waals surface area (Å²) in [6.07, 6.45) is 1.48. The Morgan fingerprint density at radius 1 is 1.50 bits per heavy atom. The zero-order valence-electron chi connectivity index (χ0n) is 9.66. The van der Waals surface area contributed by atoms with Crippen LogP contribution in [0.2, 0.25) is 0 Å². The van der Waals surface area contributed by atoms with E-state index in [1.807, 2.05) is 6.07 Å². The number of nitrogens with zero attached hydrogens (tertiary/aromatic N) is 2. The van der Waals surface area contributed by atoms with Gasteiger partial charge in [-0.25, -0.2) is 0 Å². The second-order valence-electron chi connectivity index (χ2n) is 3.53. The maximum atomic E-state index is 12.2. The minimum Gasteiger partial charge on any atom is -0.496 e. The number of aromatic nitrogens is 1. The Hall–Kier alpha value is -2.19. The number of hydrogen-bond acceptors (Lipinski definition) is 5. The smallest absolute Gasteiger partial charge is 0.196 e. The van der Waals surface area contributed by atoms with Crippen LogP contribution in [0.3, 0.4) is 0 Å². The quantitative estimate of drug-likeness (QED) is 0.791. The van der Waals surface area contributed by atoms with Crippen molar-refractivity contribution in [2.24, 2.45) is 0 Å². The third-order valence-electron chi connectivity index (χ3n) is 2.52. The van der Waals surface area contributed by atoms with Crippen molar-refractivity contribution < 1.29 is 9.53 Å². The molecule has 18 heavy (non-hydrogen) atoms. The second kappa shape index (κ2) is 5.43. The molecule has 0 saturated heterocycles. The van der Waals surface area contributed by atoms with Crippen LogP contribution < -0.4 is 4.74 Å². The number of carbonyl (C=O) groups is 1. The maximum absolute atomic E-state index is 12.2. The van der Waals surface area contributed by atoms with E-state index in [-0.39, 0.29) is 5.78 Å². The van der Waals surface area contributed by atoms with E-state index >= 15 is 0 Å². The minimum absolute atomic E-state index is 0.246. The average molecular weight is 258 g/mol. The molecule has 2 rings (SSSR count). The summed E-state index contributed by atoms with van der Waals surface area (Å²) >= 11 is 1.23. The van der Waals surface area contributed by atoms with Gasteiger partial charge in [-0.3, -0.25) is 9.78 Å². The van der Waals surface area contributed by atoms with Crippen LogP contribution in [0.25, 0.3) is 0 Å². The molecule has 2 aromatic rings. The molecule has 0 bridgehead atoms. The maximum Gasteiger partial charge on any atom is 0.196 e. The first-order valence-corrected chi connectivity index (χ1v) is 6.11. The van der Waals surface area contributed by atoms with Gasteiger partial charge in [-0.1, -0.05) is 18.2 Å². The van der Waals surface area contributed by atoms with E-state index < -0.39 is 5.92 Å². The fraction of sp³-hybridized carbons (Fsp3) is 0.154. The first-order valence-electron chi connectivity index (χ1n) is 5.23. The van der Waals surface area contributed by atoms with E-state index in [4.69, 9.17) is 4.74 Å². The summed E-state index contributed by atoms with van der Waals surface area (Å²) in [6, 6.07) is 9.07.